The van der Waals surface area contributed by atoms with Gasteiger partial charge >= 0.3 is 0 Å². The summed E-state index contributed by atoms with van der Waals surface area (Å²) in [6.07, 6.45) is 1.82. The quantitative estimate of drug-likeness (QED) is 0.773. The van der Waals surface area contributed by atoms with Gasteiger partial charge in [0.1, 0.15) is 23.0 Å². The minimum absolute atomic E-state index is 0.124. The molecule has 0 saturated heterocycles. The van der Waals surface area contributed by atoms with Crippen molar-refractivity contribution in [2.45, 2.75) is 20.8 Å². The lowest BCUT2D eigenvalue weighted by Gasteiger charge is -2.18. The molecule has 0 fully saturated rings. The molecule has 0 bridgehead atoms. The molecule has 3 rings (SSSR count). The Morgan fingerprint density at radius 1 is 1.17 bits per heavy atom. The number of pyridine rings is 1. The Hall–Kier alpha value is -2.69. The number of carbonyl (C=O) groups excluding carboxylic acids is 1. The second-order valence-electron chi connectivity index (χ2n) is 6.45. The van der Waals surface area contributed by atoms with Gasteiger partial charge in [0.15, 0.2) is 0 Å². The molecular formula is C18H18FN3O. The van der Waals surface area contributed by atoms with Crippen LogP contribution in [0, 0.1) is 11.2 Å². The molecule has 23 heavy (non-hydrogen) atoms. The molecule has 0 aliphatic rings. The predicted octanol–water partition coefficient (Wildman–Crippen LogP) is 4.13. The van der Waals surface area contributed by atoms with Gasteiger partial charge in [-0.05, 0) is 24.3 Å². The Kier molecular flexibility index (Phi) is 3.64. The van der Waals surface area contributed by atoms with Gasteiger partial charge in [-0.3, -0.25) is 9.20 Å². The molecule has 0 aliphatic carbocycles. The minimum atomic E-state index is -0.544. The van der Waals surface area contributed by atoms with E-state index in [0.717, 1.165) is 0 Å². The molecule has 1 N–H and O–H groups in total. The summed E-state index contributed by atoms with van der Waals surface area (Å²) >= 11 is 0. The van der Waals surface area contributed by atoms with Crippen molar-refractivity contribution in [2.24, 2.45) is 5.41 Å². The van der Waals surface area contributed by atoms with E-state index in [9.17, 15) is 9.18 Å². The molecule has 118 valence electrons. The second kappa shape index (κ2) is 5.50. The van der Waals surface area contributed by atoms with Gasteiger partial charge in [0.05, 0.1) is 0 Å². The van der Waals surface area contributed by atoms with E-state index < -0.39 is 5.41 Å². The largest absolute Gasteiger partial charge is 0.309 e. The highest BCUT2D eigenvalue weighted by Crippen LogP contribution is 2.30. The smallest absolute Gasteiger partial charge is 0.230 e. The number of hydrogen-bond donors (Lipinski definition) is 1. The van der Waals surface area contributed by atoms with Gasteiger partial charge in [-0.15, -0.1) is 0 Å². The summed E-state index contributed by atoms with van der Waals surface area (Å²) in [5.41, 5.74) is 1.32. The fraction of sp³-hybridized carbons (Fsp3) is 0.222. The molecule has 0 saturated carbocycles. The molecule has 4 nitrogen and oxygen atoms in total. The maximum atomic E-state index is 13.6. The molecular weight excluding hydrogens is 293 g/mol. The summed E-state index contributed by atoms with van der Waals surface area (Å²) in [6.45, 7) is 5.52. The van der Waals surface area contributed by atoms with Crippen LogP contribution in [0.1, 0.15) is 20.8 Å². The molecule has 5 heteroatoms. The van der Waals surface area contributed by atoms with Gasteiger partial charge < -0.3 is 5.32 Å². The average Bonchev–Trinajstić information content (AvgIpc) is 2.85. The van der Waals surface area contributed by atoms with Crippen LogP contribution in [0.5, 0.6) is 0 Å². The van der Waals surface area contributed by atoms with Crippen LogP contribution < -0.4 is 5.32 Å². The van der Waals surface area contributed by atoms with E-state index in [4.69, 9.17) is 0 Å². The van der Waals surface area contributed by atoms with Crippen LogP contribution in [0.15, 0.2) is 48.7 Å². The van der Waals surface area contributed by atoms with Crippen molar-refractivity contribution in [2.75, 3.05) is 5.32 Å². The minimum Gasteiger partial charge on any atom is -0.309 e. The van der Waals surface area contributed by atoms with Crippen LogP contribution in [0.25, 0.3) is 16.9 Å². The number of amides is 1. The standard InChI is InChI=1S/C18H18FN3O/c1-18(2,3)17(23)21-16-15(12-7-6-8-13(19)11-12)20-14-9-4-5-10-22(14)16/h4-11H,1-3H3,(H,21,23). The third-order valence-corrected chi connectivity index (χ3v) is 3.54. The molecule has 2 aromatic heterocycles. The number of hydrogen-bond acceptors (Lipinski definition) is 2. The lowest BCUT2D eigenvalue weighted by Crippen LogP contribution is -2.28. The van der Waals surface area contributed by atoms with E-state index >= 15 is 0 Å². The number of aromatic nitrogens is 2. The third kappa shape index (κ3) is 2.95. The molecule has 0 atom stereocenters. The van der Waals surface area contributed by atoms with Crippen molar-refractivity contribution in [1.29, 1.82) is 0 Å². The van der Waals surface area contributed by atoms with Gasteiger partial charge in [0, 0.05) is 17.2 Å². The second-order valence-corrected chi connectivity index (χ2v) is 6.45. The number of rotatable bonds is 2. The highest BCUT2D eigenvalue weighted by atomic mass is 19.1. The van der Waals surface area contributed by atoms with Gasteiger partial charge in [0.25, 0.3) is 0 Å². The van der Waals surface area contributed by atoms with Crippen LogP contribution in [-0.4, -0.2) is 15.3 Å². The van der Waals surface area contributed by atoms with E-state index in [1.54, 1.807) is 16.5 Å². The Balaban J connectivity index is 2.17. The lowest BCUT2D eigenvalue weighted by molar-refractivity contribution is -0.123. The van der Waals surface area contributed by atoms with E-state index in [1.165, 1.54) is 12.1 Å². The van der Waals surface area contributed by atoms with Crippen LogP contribution in [0.2, 0.25) is 0 Å². The summed E-state index contributed by atoms with van der Waals surface area (Å²) in [7, 11) is 0. The number of nitrogens with zero attached hydrogens (tertiary/aromatic N) is 2. The van der Waals surface area contributed by atoms with Crippen LogP contribution in [0.4, 0.5) is 10.2 Å². The van der Waals surface area contributed by atoms with Gasteiger partial charge in [0.2, 0.25) is 5.91 Å². The number of benzene rings is 1. The van der Waals surface area contributed by atoms with E-state index in [0.29, 0.717) is 22.7 Å². The predicted molar refractivity (Wildman–Crippen MR) is 88.7 cm³/mol. The van der Waals surface area contributed by atoms with Crippen LogP contribution >= 0.6 is 0 Å². The Morgan fingerprint density at radius 2 is 1.96 bits per heavy atom. The first-order chi connectivity index (χ1) is 10.9. The van der Waals surface area contributed by atoms with Crippen molar-refractivity contribution in [3.8, 4) is 11.3 Å². The third-order valence-electron chi connectivity index (χ3n) is 3.54. The monoisotopic (exact) mass is 311 g/mol. The zero-order chi connectivity index (χ0) is 16.6. The van der Waals surface area contributed by atoms with Crippen molar-refractivity contribution in [3.05, 3.63) is 54.5 Å². The molecule has 1 aromatic carbocycles. The zero-order valence-electron chi connectivity index (χ0n) is 13.3. The van der Waals surface area contributed by atoms with Crippen LogP contribution in [-0.2, 0) is 4.79 Å². The summed E-state index contributed by atoms with van der Waals surface area (Å²) in [5.74, 6) is 0.0829. The van der Waals surface area contributed by atoms with Gasteiger partial charge in [-0.2, -0.15) is 0 Å². The molecule has 0 radical (unpaired) electrons. The van der Waals surface area contributed by atoms with Gasteiger partial charge in [-0.25, -0.2) is 9.37 Å². The number of nitrogens with one attached hydrogen (secondary N) is 1. The summed E-state index contributed by atoms with van der Waals surface area (Å²) in [4.78, 5) is 16.9. The lowest BCUT2D eigenvalue weighted by atomic mass is 9.95. The number of carbonyl (C=O) groups is 1. The van der Waals surface area contributed by atoms with Crippen molar-refractivity contribution >= 4 is 17.4 Å². The molecule has 0 spiro atoms. The molecule has 0 unspecified atom stereocenters. The molecule has 0 aliphatic heterocycles. The van der Waals surface area contributed by atoms with Crippen molar-refractivity contribution in [1.82, 2.24) is 9.38 Å². The average molecular weight is 311 g/mol. The maximum absolute atomic E-state index is 13.6. The maximum Gasteiger partial charge on any atom is 0.230 e. The SMILES string of the molecule is CC(C)(C)C(=O)Nc1c(-c2cccc(F)c2)nc2ccccn12. The Bertz CT molecular complexity index is 877. The fourth-order valence-electron chi connectivity index (χ4n) is 2.25. The van der Waals surface area contributed by atoms with Crippen molar-refractivity contribution in [3.63, 3.8) is 0 Å². The normalized spacial score (nSPS) is 11.7. The molecule has 3 aromatic rings. The Morgan fingerprint density at radius 3 is 2.65 bits per heavy atom. The summed E-state index contributed by atoms with van der Waals surface area (Å²) in [6, 6.07) is 11.8. The van der Waals surface area contributed by atoms with Gasteiger partial charge in [-0.1, -0.05) is 39.0 Å². The highest BCUT2D eigenvalue weighted by molar-refractivity contribution is 5.97. The van der Waals surface area contributed by atoms with Crippen molar-refractivity contribution < 1.29 is 9.18 Å². The fourth-order valence-corrected chi connectivity index (χ4v) is 2.25. The first-order valence-electron chi connectivity index (χ1n) is 7.41. The van der Waals surface area contributed by atoms with E-state index in [1.807, 2.05) is 45.2 Å². The highest BCUT2D eigenvalue weighted by Gasteiger charge is 2.24. The first-order valence-corrected chi connectivity index (χ1v) is 7.41. The molecule has 2 heterocycles. The number of fused-ring (bicyclic) bond motifs is 1. The number of halogens is 1. The Labute approximate surface area is 134 Å². The van der Waals surface area contributed by atoms with E-state index in [2.05, 4.69) is 10.3 Å². The first kappa shape index (κ1) is 15.2. The topological polar surface area (TPSA) is 46.4 Å². The molecule has 1 amide bonds. The van der Waals surface area contributed by atoms with Crippen LogP contribution in [0.3, 0.4) is 0 Å². The summed E-state index contributed by atoms with van der Waals surface area (Å²) in [5, 5.41) is 2.93. The van der Waals surface area contributed by atoms with E-state index in [-0.39, 0.29) is 11.7 Å². The number of imidazole rings is 1. The number of anilines is 1. The zero-order valence-corrected chi connectivity index (χ0v) is 13.3. The summed E-state index contributed by atoms with van der Waals surface area (Å²) < 4.78 is 15.4.